The Hall–Kier alpha value is -1.22. The van der Waals surface area contributed by atoms with E-state index in [2.05, 4.69) is 32.0 Å². The van der Waals surface area contributed by atoms with Crippen LogP contribution in [0.1, 0.15) is 22.3 Å². The zero-order valence-electron chi connectivity index (χ0n) is 11.5. The molecule has 2 aromatic carbocycles. The van der Waals surface area contributed by atoms with Crippen molar-refractivity contribution in [2.24, 2.45) is 5.73 Å². The Bertz CT molecular complexity index is 606. The van der Waals surface area contributed by atoms with Gasteiger partial charge >= 0.3 is 0 Å². The molecule has 106 valence electrons. The first-order valence-electron chi connectivity index (χ1n) is 6.37. The fourth-order valence-electron chi connectivity index (χ4n) is 2.23. The second kappa shape index (κ2) is 6.49. The molecule has 0 aromatic heterocycles. The standard InChI is InChI=1S/C16H17Cl2NO/c1-10-3-11(2)5-12(4-10)9-20-16-13(8-19)6-14(17)7-15(16)18/h3-7H,8-9,19H2,1-2H3. The Labute approximate surface area is 129 Å². The monoisotopic (exact) mass is 309 g/mol. The topological polar surface area (TPSA) is 35.2 Å². The van der Waals surface area contributed by atoms with E-state index in [1.54, 1.807) is 12.1 Å². The van der Waals surface area contributed by atoms with E-state index in [1.807, 2.05) is 0 Å². The summed E-state index contributed by atoms with van der Waals surface area (Å²) in [4.78, 5) is 0. The summed E-state index contributed by atoms with van der Waals surface area (Å²) in [5.41, 5.74) is 10.1. The minimum atomic E-state index is 0.336. The van der Waals surface area contributed by atoms with E-state index >= 15 is 0 Å². The molecule has 2 N–H and O–H groups in total. The van der Waals surface area contributed by atoms with Crippen molar-refractivity contribution in [1.29, 1.82) is 0 Å². The molecular formula is C16H17Cl2NO. The van der Waals surface area contributed by atoms with Gasteiger partial charge in [-0.05, 0) is 31.5 Å². The van der Waals surface area contributed by atoms with Gasteiger partial charge in [0, 0.05) is 17.1 Å². The highest BCUT2D eigenvalue weighted by Gasteiger charge is 2.10. The lowest BCUT2D eigenvalue weighted by atomic mass is 10.1. The molecule has 2 nitrogen and oxygen atoms in total. The van der Waals surface area contributed by atoms with Gasteiger partial charge in [-0.3, -0.25) is 0 Å². The van der Waals surface area contributed by atoms with E-state index in [1.165, 1.54) is 11.1 Å². The Kier molecular flexibility index (Phi) is 4.92. The van der Waals surface area contributed by atoms with E-state index in [-0.39, 0.29) is 0 Å². The van der Waals surface area contributed by atoms with E-state index < -0.39 is 0 Å². The number of rotatable bonds is 4. The molecule has 4 heteroatoms. The van der Waals surface area contributed by atoms with E-state index in [0.717, 1.165) is 11.1 Å². The second-order valence-corrected chi connectivity index (χ2v) is 5.71. The third kappa shape index (κ3) is 3.66. The average Bonchev–Trinajstić information content (AvgIpc) is 2.35. The van der Waals surface area contributed by atoms with E-state index in [0.29, 0.717) is 28.9 Å². The summed E-state index contributed by atoms with van der Waals surface area (Å²) in [7, 11) is 0. The van der Waals surface area contributed by atoms with Crippen LogP contribution in [0.25, 0.3) is 0 Å². The van der Waals surface area contributed by atoms with Gasteiger partial charge < -0.3 is 10.5 Å². The molecule has 0 bridgehead atoms. The molecule has 2 rings (SSSR count). The first-order chi connectivity index (χ1) is 9.49. The highest BCUT2D eigenvalue weighted by molar-refractivity contribution is 6.35. The van der Waals surface area contributed by atoms with Crippen LogP contribution in [-0.2, 0) is 13.2 Å². The molecule has 0 spiro atoms. The van der Waals surface area contributed by atoms with Crippen LogP contribution in [0.4, 0.5) is 0 Å². The van der Waals surface area contributed by atoms with Gasteiger partial charge in [-0.15, -0.1) is 0 Å². The van der Waals surface area contributed by atoms with Crippen LogP contribution in [0.3, 0.4) is 0 Å². The van der Waals surface area contributed by atoms with Gasteiger partial charge in [0.1, 0.15) is 12.4 Å². The predicted molar refractivity (Wildman–Crippen MR) is 84.6 cm³/mol. The highest BCUT2D eigenvalue weighted by atomic mass is 35.5. The molecule has 0 fully saturated rings. The summed E-state index contributed by atoms with van der Waals surface area (Å²) in [6.45, 7) is 4.92. The van der Waals surface area contributed by atoms with Crippen LogP contribution in [0.15, 0.2) is 30.3 Å². The quantitative estimate of drug-likeness (QED) is 0.892. The van der Waals surface area contributed by atoms with Gasteiger partial charge in [0.2, 0.25) is 0 Å². The van der Waals surface area contributed by atoms with Crippen LogP contribution < -0.4 is 10.5 Å². The molecule has 0 heterocycles. The first kappa shape index (κ1) is 15.2. The van der Waals surface area contributed by atoms with Crippen LogP contribution in [0.2, 0.25) is 10.0 Å². The van der Waals surface area contributed by atoms with Crippen molar-refractivity contribution in [2.75, 3.05) is 0 Å². The fourth-order valence-corrected chi connectivity index (χ4v) is 2.82. The highest BCUT2D eigenvalue weighted by Crippen LogP contribution is 2.32. The normalized spacial score (nSPS) is 10.7. The SMILES string of the molecule is Cc1cc(C)cc(COc2c(Cl)cc(Cl)cc2CN)c1. The summed E-state index contributed by atoms with van der Waals surface area (Å²) in [5, 5.41) is 1.05. The smallest absolute Gasteiger partial charge is 0.142 e. The summed E-state index contributed by atoms with van der Waals surface area (Å²) in [5.74, 6) is 0.609. The minimum Gasteiger partial charge on any atom is -0.487 e. The summed E-state index contributed by atoms with van der Waals surface area (Å²) in [6.07, 6.45) is 0. The molecule has 0 amide bonds. The molecule has 0 atom stereocenters. The zero-order valence-corrected chi connectivity index (χ0v) is 13.1. The molecule has 0 unspecified atom stereocenters. The summed E-state index contributed by atoms with van der Waals surface area (Å²) >= 11 is 12.1. The number of hydrogen-bond acceptors (Lipinski definition) is 2. The molecule has 0 saturated carbocycles. The third-order valence-corrected chi connectivity index (χ3v) is 3.47. The van der Waals surface area contributed by atoms with Gasteiger partial charge in [-0.2, -0.15) is 0 Å². The lowest BCUT2D eigenvalue weighted by molar-refractivity contribution is 0.303. The Morgan fingerprint density at radius 2 is 1.65 bits per heavy atom. The maximum absolute atomic E-state index is 6.18. The number of hydrogen-bond donors (Lipinski definition) is 1. The number of halogens is 2. The lowest BCUT2D eigenvalue weighted by Crippen LogP contribution is -2.04. The van der Waals surface area contributed by atoms with Crippen LogP contribution in [0.5, 0.6) is 5.75 Å². The maximum Gasteiger partial charge on any atom is 0.142 e. The van der Waals surface area contributed by atoms with Crippen molar-refractivity contribution in [3.05, 3.63) is 62.6 Å². The number of ether oxygens (including phenoxy) is 1. The van der Waals surface area contributed by atoms with Crippen LogP contribution in [-0.4, -0.2) is 0 Å². The molecule has 0 radical (unpaired) electrons. The summed E-state index contributed by atoms with van der Waals surface area (Å²) in [6, 6.07) is 9.77. The lowest BCUT2D eigenvalue weighted by Gasteiger charge is -2.13. The molecule has 2 aromatic rings. The molecular weight excluding hydrogens is 293 g/mol. The first-order valence-corrected chi connectivity index (χ1v) is 7.13. The van der Waals surface area contributed by atoms with E-state index in [4.69, 9.17) is 33.7 Å². The number of nitrogens with two attached hydrogens (primary N) is 1. The Balaban J connectivity index is 2.22. The van der Waals surface area contributed by atoms with Gasteiger partial charge in [0.05, 0.1) is 5.02 Å². The molecule has 0 aliphatic carbocycles. The fraction of sp³-hybridized carbons (Fsp3) is 0.250. The van der Waals surface area contributed by atoms with Crippen molar-refractivity contribution >= 4 is 23.2 Å². The summed E-state index contributed by atoms with van der Waals surface area (Å²) < 4.78 is 5.84. The number of benzene rings is 2. The van der Waals surface area contributed by atoms with E-state index in [9.17, 15) is 0 Å². The molecule has 0 saturated heterocycles. The molecule has 0 aliphatic rings. The van der Waals surface area contributed by atoms with Gasteiger partial charge in [-0.1, -0.05) is 52.5 Å². The van der Waals surface area contributed by atoms with Crippen molar-refractivity contribution < 1.29 is 4.74 Å². The average molecular weight is 310 g/mol. The molecule has 0 aliphatic heterocycles. The molecule has 20 heavy (non-hydrogen) atoms. The van der Waals surface area contributed by atoms with Crippen molar-refractivity contribution in [1.82, 2.24) is 0 Å². The maximum atomic E-state index is 6.18. The van der Waals surface area contributed by atoms with Gasteiger partial charge in [-0.25, -0.2) is 0 Å². The second-order valence-electron chi connectivity index (χ2n) is 4.86. The minimum absolute atomic E-state index is 0.336. The van der Waals surface area contributed by atoms with Crippen molar-refractivity contribution in [2.45, 2.75) is 27.0 Å². The van der Waals surface area contributed by atoms with Crippen LogP contribution in [0, 0.1) is 13.8 Å². The van der Waals surface area contributed by atoms with Gasteiger partial charge in [0.25, 0.3) is 0 Å². The largest absolute Gasteiger partial charge is 0.487 e. The van der Waals surface area contributed by atoms with Crippen molar-refractivity contribution in [3.8, 4) is 5.75 Å². The zero-order chi connectivity index (χ0) is 14.7. The predicted octanol–water partition coefficient (Wildman–Crippen LogP) is 4.65. The van der Waals surface area contributed by atoms with Crippen LogP contribution >= 0.6 is 23.2 Å². The third-order valence-electron chi connectivity index (χ3n) is 2.97. The van der Waals surface area contributed by atoms with Crippen molar-refractivity contribution in [3.63, 3.8) is 0 Å². The van der Waals surface area contributed by atoms with Gasteiger partial charge in [0.15, 0.2) is 0 Å². The number of aryl methyl sites for hydroxylation is 2. The Morgan fingerprint density at radius 1 is 1.00 bits per heavy atom. The Morgan fingerprint density at radius 3 is 2.25 bits per heavy atom.